The van der Waals surface area contributed by atoms with Crippen LogP contribution < -0.4 is 15.8 Å². The van der Waals surface area contributed by atoms with Gasteiger partial charge in [0.1, 0.15) is 18.1 Å². The molecule has 3 rings (SSSR count). The number of para-hydroxylation sites is 1. The van der Waals surface area contributed by atoms with Crippen LogP contribution >= 0.6 is 7.60 Å². The van der Waals surface area contributed by atoms with E-state index >= 15 is 0 Å². The minimum absolute atomic E-state index is 0.116. The molecule has 0 saturated carbocycles. The summed E-state index contributed by atoms with van der Waals surface area (Å²) >= 11 is 0. The Morgan fingerprint density at radius 3 is 2.58 bits per heavy atom. The number of H-pyrrole nitrogens is 1. The van der Waals surface area contributed by atoms with Gasteiger partial charge in [0.15, 0.2) is 0 Å². The lowest BCUT2D eigenvalue weighted by molar-refractivity contribution is -0.151. The first-order valence-corrected chi connectivity index (χ1v) is 13.3. The van der Waals surface area contributed by atoms with Crippen LogP contribution in [0.5, 0.6) is 5.75 Å². The van der Waals surface area contributed by atoms with E-state index in [0.29, 0.717) is 0 Å². The van der Waals surface area contributed by atoms with Crippen molar-refractivity contribution >= 4 is 13.6 Å². The molecule has 198 valence electrons. The number of aliphatic hydroxyl groups excluding tert-OH is 1. The highest BCUT2D eigenvalue weighted by Gasteiger charge is 2.44. The Balaban J connectivity index is 1.90. The van der Waals surface area contributed by atoms with E-state index in [4.69, 9.17) is 21.3 Å². The van der Waals surface area contributed by atoms with E-state index in [0.717, 1.165) is 4.57 Å². The van der Waals surface area contributed by atoms with E-state index in [1.165, 1.54) is 39.1 Å². The molecule has 0 aliphatic carbocycles. The SMILES string of the molecule is [2H]C([2H])(OP(=O)(C[C@@H](C)C(=O)OC(C)C)Oc1ccccc1)[C@@H]1O[C@H](n2cc(C)c(=O)[nH]c2=O)[C@H](C)C1O. The van der Waals surface area contributed by atoms with Gasteiger partial charge in [0.2, 0.25) is 0 Å². The number of carbonyl (C=O) groups excluding carboxylic acids is 1. The molecule has 2 unspecified atom stereocenters. The van der Waals surface area contributed by atoms with Crippen LogP contribution in [0.1, 0.15) is 42.2 Å². The second-order valence-corrected chi connectivity index (χ2v) is 11.0. The van der Waals surface area contributed by atoms with Crippen molar-refractivity contribution in [3.05, 3.63) is 62.9 Å². The number of carbonyl (C=O) groups is 1. The molecule has 0 amide bonds. The third-order valence-electron chi connectivity index (χ3n) is 5.55. The number of nitrogens with one attached hydrogen (secondary N) is 1. The second-order valence-electron chi connectivity index (χ2n) is 9.07. The Labute approximate surface area is 211 Å². The average Bonchev–Trinajstić information content (AvgIpc) is 3.11. The molecule has 2 N–H and O–H groups in total. The Hall–Kier alpha value is -2.72. The first-order valence-electron chi connectivity index (χ1n) is 12.5. The highest BCUT2D eigenvalue weighted by molar-refractivity contribution is 7.54. The number of ether oxygens (including phenoxy) is 2. The predicted octanol–water partition coefficient (Wildman–Crippen LogP) is 2.62. The molecule has 2 aromatic rings. The van der Waals surface area contributed by atoms with Gasteiger partial charge in [0.25, 0.3) is 5.56 Å². The Kier molecular flexibility index (Phi) is 8.01. The monoisotopic (exact) mass is 526 g/mol. The summed E-state index contributed by atoms with van der Waals surface area (Å²) in [7, 11) is -4.41. The summed E-state index contributed by atoms with van der Waals surface area (Å²) in [5.74, 6) is -2.35. The third-order valence-corrected chi connectivity index (χ3v) is 7.42. The van der Waals surface area contributed by atoms with E-state index < -0.39 is 73.9 Å². The van der Waals surface area contributed by atoms with Crippen LogP contribution in [0.3, 0.4) is 0 Å². The van der Waals surface area contributed by atoms with Crippen LogP contribution in [0, 0.1) is 18.8 Å². The van der Waals surface area contributed by atoms with Crippen LogP contribution in [0.4, 0.5) is 0 Å². The highest BCUT2D eigenvalue weighted by Crippen LogP contribution is 2.51. The molecule has 1 aliphatic heterocycles. The second kappa shape index (κ2) is 11.6. The van der Waals surface area contributed by atoms with Gasteiger partial charge in [-0.1, -0.05) is 32.0 Å². The van der Waals surface area contributed by atoms with Crippen LogP contribution in [-0.4, -0.2) is 51.7 Å². The van der Waals surface area contributed by atoms with E-state index in [-0.39, 0.29) is 11.3 Å². The zero-order chi connectivity index (χ0) is 28.4. The van der Waals surface area contributed by atoms with Gasteiger partial charge in [-0.25, -0.2) is 9.36 Å². The fourth-order valence-electron chi connectivity index (χ4n) is 3.62. The van der Waals surface area contributed by atoms with Gasteiger partial charge in [-0.2, -0.15) is 0 Å². The molecule has 12 heteroatoms. The summed E-state index contributed by atoms with van der Waals surface area (Å²) in [6.07, 6.45) is -4.06. The maximum absolute atomic E-state index is 13.9. The van der Waals surface area contributed by atoms with Crippen LogP contribution in [0.15, 0.2) is 46.1 Å². The van der Waals surface area contributed by atoms with Crippen molar-refractivity contribution in [2.75, 3.05) is 12.7 Å². The molecule has 1 aromatic heterocycles. The lowest BCUT2D eigenvalue weighted by atomic mass is 10.0. The first kappa shape index (κ1) is 25.0. The van der Waals surface area contributed by atoms with Crippen LogP contribution in [0.2, 0.25) is 0 Å². The van der Waals surface area contributed by atoms with Gasteiger partial charge in [0, 0.05) is 17.7 Å². The van der Waals surface area contributed by atoms with Crippen molar-refractivity contribution in [3.8, 4) is 5.75 Å². The molecular weight excluding hydrogens is 491 g/mol. The molecule has 1 aromatic carbocycles. The molecule has 2 heterocycles. The first-order chi connectivity index (χ1) is 17.6. The van der Waals surface area contributed by atoms with Gasteiger partial charge < -0.3 is 19.1 Å². The van der Waals surface area contributed by atoms with Crippen molar-refractivity contribution < 1.29 is 35.7 Å². The molecule has 36 heavy (non-hydrogen) atoms. The number of nitrogens with zero attached hydrogens (tertiary/aromatic N) is 1. The lowest BCUT2D eigenvalue weighted by Crippen LogP contribution is -2.35. The molecular formula is C24H33N2O9P. The minimum Gasteiger partial charge on any atom is -0.463 e. The van der Waals surface area contributed by atoms with Crippen LogP contribution in [-0.2, 0) is 23.4 Å². The van der Waals surface area contributed by atoms with E-state index in [1.54, 1.807) is 32.0 Å². The number of benzene rings is 1. The summed E-state index contributed by atoms with van der Waals surface area (Å²) in [4.78, 5) is 38.7. The third kappa shape index (κ3) is 6.73. The van der Waals surface area contributed by atoms with Gasteiger partial charge in [-0.3, -0.25) is 23.7 Å². The minimum atomic E-state index is -4.41. The van der Waals surface area contributed by atoms with Crippen molar-refractivity contribution in [1.82, 2.24) is 9.55 Å². The average molecular weight is 527 g/mol. The summed E-state index contributed by atoms with van der Waals surface area (Å²) in [6, 6.07) is 7.92. The van der Waals surface area contributed by atoms with Crippen molar-refractivity contribution in [1.29, 1.82) is 0 Å². The molecule has 0 spiro atoms. The molecule has 11 nitrogen and oxygen atoms in total. The number of aliphatic hydroxyl groups is 1. The number of aromatic amines is 1. The quantitative estimate of drug-likeness (QED) is 0.352. The van der Waals surface area contributed by atoms with Gasteiger partial charge >= 0.3 is 19.3 Å². The number of aryl methyl sites for hydroxylation is 1. The fourth-order valence-corrected chi connectivity index (χ4v) is 5.33. The normalized spacial score (nSPS) is 25.5. The molecule has 1 fully saturated rings. The molecule has 1 aliphatic rings. The summed E-state index contributed by atoms with van der Waals surface area (Å²) < 4.78 is 54.0. The van der Waals surface area contributed by atoms with Gasteiger partial charge in [0.05, 0.1) is 33.6 Å². The van der Waals surface area contributed by atoms with E-state index in [9.17, 15) is 24.1 Å². The van der Waals surface area contributed by atoms with Crippen molar-refractivity contribution in [2.24, 2.45) is 11.8 Å². The molecule has 0 radical (unpaired) electrons. The standard InChI is InChI=1S/C24H33N2O9P/c1-14(2)33-23(29)16(4)13-36(31,35-18-9-7-6-8-10-18)32-12-19-20(27)17(5)22(34-19)26-11-15(3)21(28)25-24(26)30/h6-11,14,16-17,19-20,22,27H,12-13H2,1-5H3,(H,25,28,30)/t16-,17-,19+,20?,22+,36?/m1/s1/i12D2. The van der Waals surface area contributed by atoms with E-state index in [1.807, 2.05) is 0 Å². The van der Waals surface area contributed by atoms with Gasteiger partial charge in [-0.05, 0) is 32.9 Å². The zero-order valence-electron chi connectivity index (χ0n) is 22.7. The Bertz CT molecular complexity index is 1300. The highest BCUT2D eigenvalue weighted by atomic mass is 31.2. The molecule has 0 bridgehead atoms. The number of rotatable bonds is 10. The Morgan fingerprint density at radius 2 is 1.94 bits per heavy atom. The molecule has 6 atom stereocenters. The number of esters is 1. The number of hydrogen-bond acceptors (Lipinski definition) is 9. The fraction of sp³-hybridized carbons (Fsp3) is 0.542. The smallest absolute Gasteiger partial charge is 0.380 e. The van der Waals surface area contributed by atoms with Gasteiger partial charge in [-0.15, -0.1) is 0 Å². The maximum atomic E-state index is 13.9. The summed E-state index contributed by atoms with van der Waals surface area (Å²) in [5, 5.41) is 10.9. The zero-order valence-corrected chi connectivity index (χ0v) is 21.6. The predicted molar refractivity (Wildman–Crippen MR) is 131 cm³/mol. The lowest BCUT2D eigenvalue weighted by Gasteiger charge is -2.24. The van der Waals surface area contributed by atoms with Crippen LogP contribution in [0.25, 0.3) is 0 Å². The summed E-state index contributed by atoms with van der Waals surface area (Å²) in [5.41, 5.74) is -1.18. The molecule has 1 saturated heterocycles. The maximum Gasteiger partial charge on any atom is 0.380 e. The number of hydrogen-bond donors (Lipinski definition) is 2. The van der Waals surface area contributed by atoms with Crippen molar-refractivity contribution in [3.63, 3.8) is 0 Å². The largest absolute Gasteiger partial charge is 0.463 e. The van der Waals surface area contributed by atoms with E-state index in [2.05, 4.69) is 4.98 Å². The topological polar surface area (TPSA) is 146 Å². The number of aromatic nitrogens is 2. The Morgan fingerprint density at radius 1 is 1.28 bits per heavy atom. The summed E-state index contributed by atoms with van der Waals surface area (Å²) in [6.45, 7) is 4.89. The van der Waals surface area contributed by atoms with Crippen molar-refractivity contribution in [2.45, 2.75) is 59.2 Å².